The Morgan fingerprint density at radius 1 is 1.56 bits per heavy atom. The topological polar surface area (TPSA) is 58.2 Å². The van der Waals surface area contributed by atoms with Gasteiger partial charge in [0.05, 0.1) is 4.34 Å². The maximum Gasteiger partial charge on any atom is 0.250 e. The molecule has 0 spiro atoms. The van der Waals surface area contributed by atoms with Gasteiger partial charge < -0.3 is 5.32 Å². The van der Waals surface area contributed by atoms with E-state index in [9.17, 15) is 8.42 Å². The first kappa shape index (κ1) is 16.2. The maximum absolute atomic E-state index is 12.1. The van der Waals surface area contributed by atoms with Crippen molar-refractivity contribution in [2.45, 2.75) is 30.0 Å². The zero-order chi connectivity index (χ0) is 12.5. The highest BCUT2D eigenvalue weighted by Gasteiger charge is 2.23. The van der Waals surface area contributed by atoms with Crippen molar-refractivity contribution in [2.75, 3.05) is 13.1 Å². The van der Waals surface area contributed by atoms with E-state index >= 15 is 0 Å². The van der Waals surface area contributed by atoms with E-state index in [1.54, 1.807) is 13.0 Å². The Bertz CT molecular complexity index is 476. The van der Waals surface area contributed by atoms with Crippen LogP contribution in [0.1, 0.15) is 18.4 Å². The summed E-state index contributed by atoms with van der Waals surface area (Å²) in [7, 11) is -3.42. The van der Waals surface area contributed by atoms with Crippen LogP contribution in [0.2, 0.25) is 4.34 Å². The van der Waals surface area contributed by atoms with Crippen molar-refractivity contribution in [2.24, 2.45) is 0 Å². The van der Waals surface area contributed by atoms with Gasteiger partial charge in [-0.05, 0) is 37.9 Å². The predicted octanol–water partition coefficient (Wildman–Crippen LogP) is 2.16. The summed E-state index contributed by atoms with van der Waals surface area (Å²) >= 11 is 7.00. The van der Waals surface area contributed by atoms with E-state index in [0.29, 0.717) is 15.1 Å². The van der Waals surface area contributed by atoms with Gasteiger partial charge in [0.1, 0.15) is 4.21 Å². The standard InChI is InChI=1S/C10H15ClN2O2S2.ClH/c1-7-5-9(16-10(7)11)17(14,15)13-8-3-2-4-12-6-8;/h5,8,12-13H,2-4,6H2,1H3;1H/t8-;/m0./s1. The molecule has 0 amide bonds. The molecule has 1 aromatic rings. The molecule has 0 aromatic carbocycles. The van der Waals surface area contributed by atoms with E-state index in [1.807, 2.05) is 0 Å². The van der Waals surface area contributed by atoms with Crippen LogP contribution in [0.3, 0.4) is 0 Å². The minimum atomic E-state index is -3.42. The maximum atomic E-state index is 12.1. The molecule has 2 rings (SSSR count). The fraction of sp³-hybridized carbons (Fsp3) is 0.600. The summed E-state index contributed by atoms with van der Waals surface area (Å²) in [6, 6.07) is 1.60. The molecule has 1 aliphatic heterocycles. The normalized spacial score (nSPS) is 20.4. The van der Waals surface area contributed by atoms with Crippen LogP contribution in [0, 0.1) is 6.92 Å². The molecule has 0 unspecified atom stereocenters. The van der Waals surface area contributed by atoms with Crippen molar-refractivity contribution in [3.8, 4) is 0 Å². The minimum Gasteiger partial charge on any atom is -0.315 e. The van der Waals surface area contributed by atoms with Gasteiger partial charge in [-0.3, -0.25) is 0 Å². The first-order chi connectivity index (χ1) is 7.99. The highest BCUT2D eigenvalue weighted by atomic mass is 35.5. The number of aryl methyl sites for hydroxylation is 1. The molecule has 0 aliphatic carbocycles. The number of sulfonamides is 1. The van der Waals surface area contributed by atoms with Crippen LogP contribution < -0.4 is 10.0 Å². The monoisotopic (exact) mass is 330 g/mol. The number of hydrogen-bond acceptors (Lipinski definition) is 4. The molecular weight excluding hydrogens is 315 g/mol. The Morgan fingerprint density at radius 3 is 2.78 bits per heavy atom. The zero-order valence-corrected chi connectivity index (χ0v) is 13.1. The molecule has 0 bridgehead atoms. The molecule has 0 saturated carbocycles. The summed E-state index contributed by atoms with van der Waals surface area (Å²) in [6.07, 6.45) is 1.88. The van der Waals surface area contributed by atoms with Crippen LogP contribution in [0.5, 0.6) is 0 Å². The summed E-state index contributed by atoms with van der Waals surface area (Å²) in [6.45, 7) is 3.46. The summed E-state index contributed by atoms with van der Waals surface area (Å²) in [5.41, 5.74) is 0.804. The molecule has 4 nitrogen and oxygen atoms in total. The summed E-state index contributed by atoms with van der Waals surface area (Å²) in [4.78, 5) is 0. The predicted molar refractivity (Wildman–Crippen MR) is 77.5 cm³/mol. The van der Waals surface area contributed by atoms with Gasteiger partial charge >= 0.3 is 0 Å². The van der Waals surface area contributed by atoms with Gasteiger partial charge in [-0.15, -0.1) is 23.7 Å². The summed E-state index contributed by atoms with van der Waals surface area (Å²) < 4.78 is 27.7. The van der Waals surface area contributed by atoms with Crippen LogP contribution in [0.15, 0.2) is 10.3 Å². The van der Waals surface area contributed by atoms with Crippen LogP contribution in [0.4, 0.5) is 0 Å². The van der Waals surface area contributed by atoms with E-state index in [2.05, 4.69) is 10.0 Å². The Kier molecular flexibility index (Phi) is 5.89. The van der Waals surface area contributed by atoms with E-state index in [1.165, 1.54) is 0 Å². The van der Waals surface area contributed by atoms with Crippen LogP contribution in [0.25, 0.3) is 0 Å². The lowest BCUT2D eigenvalue weighted by Gasteiger charge is -2.23. The largest absolute Gasteiger partial charge is 0.315 e. The van der Waals surface area contributed by atoms with Crippen molar-refractivity contribution < 1.29 is 8.42 Å². The second-order valence-corrected chi connectivity index (χ2v) is 7.78. The van der Waals surface area contributed by atoms with E-state index < -0.39 is 10.0 Å². The molecule has 8 heteroatoms. The number of piperidine rings is 1. The molecule has 1 saturated heterocycles. The highest BCUT2D eigenvalue weighted by Crippen LogP contribution is 2.30. The molecular formula is C10H16Cl2N2O2S2. The van der Waals surface area contributed by atoms with Gasteiger partial charge in [-0.2, -0.15) is 0 Å². The second-order valence-electron chi connectivity index (χ2n) is 4.19. The van der Waals surface area contributed by atoms with Crippen molar-refractivity contribution in [3.63, 3.8) is 0 Å². The smallest absolute Gasteiger partial charge is 0.250 e. The minimum absolute atomic E-state index is 0. The third kappa shape index (κ3) is 3.82. The average Bonchev–Trinajstić information content (AvgIpc) is 2.61. The number of nitrogens with one attached hydrogen (secondary N) is 2. The van der Waals surface area contributed by atoms with Gasteiger partial charge in [0, 0.05) is 12.6 Å². The Labute approximate surface area is 123 Å². The fourth-order valence-corrected chi connectivity index (χ4v) is 4.79. The number of hydrogen-bond donors (Lipinski definition) is 2. The first-order valence-corrected chi connectivity index (χ1v) is 8.16. The van der Waals surface area contributed by atoms with E-state index in [4.69, 9.17) is 11.6 Å². The van der Waals surface area contributed by atoms with E-state index in [-0.39, 0.29) is 18.4 Å². The molecule has 1 aromatic heterocycles. The summed E-state index contributed by atoms with van der Waals surface area (Å²) in [5, 5.41) is 3.18. The third-order valence-electron chi connectivity index (χ3n) is 2.72. The van der Waals surface area contributed by atoms with Gasteiger partial charge in [-0.1, -0.05) is 11.6 Å². The third-order valence-corrected chi connectivity index (χ3v) is 6.27. The molecule has 1 atom stereocenters. The van der Waals surface area contributed by atoms with Crippen LogP contribution >= 0.6 is 35.3 Å². The Morgan fingerprint density at radius 2 is 2.28 bits per heavy atom. The Hall–Kier alpha value is 0.150. The molecule has 2 heterocycles. The highest BCUT2D eigenvalue weighted by molar-refractivity contribution is 7.91. The lowest BCUT2D eigenvalue weighted by atomic mass is 10.1. The van der Waals surface area contributed by atoms with E-state index in [0.717, 1.165) is 36.3 Å². The van der Waals surface area contributed by atoms with Gasteiger partial charge in [0.2, 0.25) is 10.0 Å². The molecule has 2 N–H and O–H groups in total. The molecule has 18 heavy (non-hydrogen) atoms. The SMILES string of the molecule is Cc1cc(S(=O)(=O)N[C@H]2CCCNC2)sc1Cl.Cl. The number of halogens is 2. The Balaban J connectivity index is 0.00000162. The van der Waals surface area contributed by atoms with Crippen LogP contribution in [-0.2, 0) is 10.0 Å². The second kappa shape index (κ2) is 6.54. The molecule has 1 fully saturated rings. The zero-order valence-electron chi connectivity index (χ0n) is 9.90. The fourth-order valence-electron chi connectivity index (χ4n) is 1.79. The van der Waals surface area contributed by atoms with Crippen molar-refractivity contribution in [1.29, 1.82) is 0 Å². The quantitative estimate of drug-likeness (QED) is 0.892. The molecule has 104 valence electrons. The average molecular weight is 331 g/mol. The molecule has 0 radical (unpaired) electrons. The number of rotatable bonds is 3. The summed E-state index contributed by atoms with van der Waals surface area (Å²) in [5.74, 6) is 0. The van der Waals surface area contributed by atoms with Gasteiger partial charge in [-0.25, -0.2) is 13.1 Å². The first-order valence-electron chi connectivity index (χ1n) is 5.48. The van der Waals surface area contributed by atoms with Crippen molar-refractivity contribution >= 4 is 45.4 Å². The van der Waals surface area contributed by atoms with Crippen LogP contribution in [-0.4, -0.2) is 27.5 Å². The van der Waals surface area contributed by atoms with Gasteiger partial charge in [0.15, 0.2) is 0 Å². The van der Waals surface area contributed by atoms with Gasteiger partial charge in [0.25, 0.3) is 0 Å². The lowest BCUT2D eigenvalue weighted by Crippen LogP contribution is -2.45. The van der Waals surface area contributed by atoms with Crippen molar-refractivity contribution in [3.05, 3.63) is 16.0 Å². The molecule has 1 aliphatic rings. The lowest BCUT2D eigenvalue weighted by molar-refractivity contribution is 0.429. The van der Waals surface area contributed by atoms with Crippen molar-refractivity contribution in [1.82, 2.24) is 10.0 Å². The number of thiophene rings is 1.